The van der Waals surface area contributed by atoms with Crippen LogP contribution < -0.4 is 10.6 Å². The van der Waals surface area contributed by atoms with Crippen molar-refractivity contribution in [2.24, 2.45) is 0 Å². The molecule has 34 heavy (non-hydrogen) atoms. The monoisotopic (exact) mass is 589 g/mol. The quantitative estimate of drug-likeness (QED) is 0.366. The zero-order chi connectivity index (χ0) is 24.5. The SMILES string of the molecule is CCN1CCCC1CNCC1([OH2+])CN(C(=O)c2ccc(F)c(F)c2Nc2ccc(I)cc2F)C1. The Balaban J connectivity index is 1.41. The summed E-state index contributed by atoms with van der Waals surface area (Å²) in [6.45, 7) is 5.87. The maximum atomic E-state index is 14.6. The average molecular weight is 589 g/mol. The lowest BCUT2D eigenvalue weighted by Gasteiger charge is -2.43. The third kappa shape index (κ3) is 5.34. The van der Waals surface area contributed by atoms with E-state index in [-0.39, 0.29) is 24.3 Å². The molecule has 2 saturated heterocycles. The molecular formula is C24H29F3IN4O2+. The smallest absolute Gasteiger partial charge is 0.256 e. The number of likely N-dealkylation sites (tertiary alicyclic amines) is 2. The molecule has 0 saturated carbocycles. The summed E-state index contributed by atoms with van der Waals surface area (Å²) in [5.74, 6) is -3.55. The summed E-state index contributed by atoms with van der Waals surface area (Å²) in [6.07, 6.45) is 2.33. The second-order valence-electron chi connectivity index (χ2n) is 9.03. The van der Waals surface area contributed by atoms with Crippen LogP contribution in [0.2, 0.25) is 0 Å². The fourth-order valence-electron chi connectivity index (χ4n) is 4.71. The van der Waals surface area contributed by atoms with E-state index in [9.17, 15) is 18.0 Å². The van der Waals surface area contributed by atoms with Crippen molar-refractivity contribution in [3.63, 3.8) is 0 Å². The van der Waals surface area contributed by atoms with Gasteiger partial charge in [-0.2, -0.15) is 0 Å². The molecule has 6 nitrogen and oxygen atoms in total. The molecule has 2 aliphatic heterocycles. The number of nitrogens with one attached hydrogen (secondary N) is 2. The van der Waals surface area contributed by atoms with Crippen LogP contribution in [0.3, 0.4) is 0 Å². The van der Waals surface area contributed by atoms with Crippen molar-refractivity contribution in [2.45, 2.75) is 31.4 Å². The van der Waals surface area contributed by atoms with Crippen molar-refractivity contribution < 1.29 is 23.1 Å². The third-order valence-corrected chi connectivity index (χ3v) is 7.21. The maximum Gasteiger partial charge on any atom is 0.256 e. The van der Waals surface area contributed by atoms with Gasteiger partial charge in [-0.25, -0.2) is 13.2 Å². The van der Waals surface area contributed by atoms with E-state index >= 15 is 0 Å². The minimum absolute atomic E-state index is 0.0605. The van der Waals surface area contributed by atoms with Gasteiger partial charge in [-0.1, -0.05) is 6.92 Å². The van der Waals surface area contributed by atoms with Crippen molar-refractivity contribution >= 4 is 39.9 Å². The molecule has 0 spiro atoms. The second kappa shape index (κ2) is 10.4. The first-order valence-electron chi connectivity index (χ1n) is 11.4. The van der Waals surface area contributed by atoms with Gasteiger partial charge in [0.2, 0.25) is 5.60 Å². The molecule has 2 aliphatic rings. The number of hydrogen-bond donors (Lipinski definition) is 2. The van der Waals surface area contributed by atoms with Gasteiger partial charge in [0.1, 0.15) is 5.82 Å². The summed E-state index contributed by atoms with van der Waals surface area (Å²) in [4.78, 5) is 16.9. The van der Waals surface area contributed by atoms with Gasteiger partial charge in [0.25, 0.3) is 5.91 Å². The summed E-state index contributed by atoms with van der Waals surface area (Å²) < 4.78 is 43.6. The molecule has 0 aromatic heterocycles. The standard InChI is InChI=1S/C24H28F3IN4O2/c1-2-31-9-3-4-16(31)11-29-12-24(34)13-32(14-24)23(33)17-6-7-18(25)21(27)22(17)30-20-8-5-15(28)10-19(20)26/h5-8,10,16,29-30,34H,2-4,9,11-14H2,1H3/p+1. The molecule has 2 aromatic carbocycles. The highest BCUT2D eigenvalue weighted by molar-refractivity contribution is 14.1. The van der Waals surface area contributed by atoms with Crippen LogP contribution in [-0.4, -0.2) is 71.7 Å². The molecule has 0 aliphatic carbocycles. The normalized spacial score (nSPS) is 19.8. The number of anilines is 2. The van der Waals surface area contributed by atoms with Crippen LogP contribution in [0.4, 0.5) is 24.5 Å². The van der Waals surface area contributed by atoms with Crippen LogP contribution in [-0.2, 0) is 0 Å². The number of rotatable bonds is 8. The number of carbonyl (C=O) groups excluding carboxylic acids is 1. The average Bonchev–Trinajstić information content (AvgIpc) is 3.24. The van der Waals surface area contributed by atoms with E-state index in [1.807, 2.05) is 22.6 Å². The number of benzene rings is 2. The summed E-state index contributed by atoms with van der Waals surface area (Å²) >= 11 is 1.94. The van der Waals surface area contributed by atoms with Gasteiger partial charge in [0.05, 0.1) is 36.6 Å². The number of nitrogens with zero attached hydrogens (tertiary/aromatic N) is 2. The highest BCUT2D eigenvalue weighted by Crippen LogP contribution is 2.31. The largest absolute Gasteiger partial charge is 0.437 e. The van der Waals surface area contributed by atoms with E-state index in [0.29, 0.717) is 16.2 Å². The van der Waals surface area contributed by atoms with Gasteiger partial charge in [0, 0.05) is 16.2 Å². The highest BCUT2D eigenvalue weighted by Gasteiger charge is 2.48. The molecule has 1 atom stereocenters. The number of halogens is 4. The van der Waals surface area contributed by atoms with Crippen LogP contribution in [0.5, 0.6) is 0 Å². The Labute approximate surface area is 210 Å². The minimum atomic E-state index is -1.25. The zero-order valence-electron chi connectivity index (χ0n) is 18.9. The van der Waals surface area contributed by atoms with Crippen LogP contribution in [0.15, 0.2) is 30.3 Å². The molecule has 10 heteroatoms. The maximum absolute atomic E-state index is 14.6. The summed E-state index contributed by atoms with van der Waals surface area (Å²) in [7, 11) is 0. The molecule has 2 fully saturated rings. The lowest BCUT2D eigenvalue weighted by atomic mass is 9.92. The van der Waals surface area contributed by atoms with Crippen LogP contribution >= 0.6 is 22.6 Å². The van der Waals surface area contributed by atoms with Crippen LogP contribution in [0.1, 0.15) is 30.1 Å². The third-order valence-electron chi connectivity index (χ3n) is 6.54. The number of likely N-dealkylation sites (N-methyl/N-ethyl adjacent to an activating group) is 1. The van der Waals surface area contributed by atoms with Crippen LogP contribution in [0, 0.1) is 21.0 Å². The first kappa shape index (κ1) is 25.2. The van der Waals surface area contributed by atoms with Crippen molar-refractivity contribution in [1.82, 2.24) is 15.1 Å². The van der Waals surface area contributed by atoms with Crippen molar-refractivity contribution in [3.05, 3.63) is 56.9 Å². The Bertz CT molecular complexity index is 1060. The molecule has 0 bridgehead atoms. The van der Waals surface area contributed by atoms with E-state index in [4.69, 9.17) is 5.11 Å². The molecule has 4 N–H and O–H groups in total. The van der Waals surface area contributed by atoms with Gasteiger partial charge in [-0.05, 0) is 78.9 Å². The molecule has 1 unspecified atom stereocenters. The molecule has 4 rings (SSSR count). The molecule has 1 amide bonds. The lowest BCUT2D eigenvalue weighted by molar-refractivity contribution is -0.0788. The van der Waals surface area contributed by atoms with E-state index in [1.165, 1.54) is 29.5 Å². The Hall–Kier alpha value is -1.89. The number of hydrogen-bond acceptors (Lipinski definition) is 4. The highest BCUT2D eigenvalue weighted by atomic mass is 127. The second-order valence-corrected chi connectivity index (χ2v) is 10.3. The van der Waals surface area contributed by atoms with E-state index in [2.05, 4.69) is 22.5 Å². The van der Waals surface area contributed by atoms with Crippen molar-refractivity contribution in [3.8, 4) is 0 Å². The van der Waals surface area contributed by atoms with Gasteiger partial charge in [-0.3, -0.25) is 9.69 Å². The Morgan fingerprint density at radius 2 is 1.97 bits per heavy atom. The molecule has 2 heterocycles. The van der Waals surface area contributed by atoms with Crippen molar-refractivity contribution in [1.29, 1.82) is 0 Å². The van der Waals surface area contributed by atoms with Crippen molar-refractivity contribution in [2.75, 3.05) is 44.6 Å². The van der Waals surface area contributed by atoms with Gasteiger partial charge in [0.15, 0.2) is 11.6 Å². The number of carbonyl (C=O) groups is 1. The fourth-order valence-corrected chi connectivity index (χ4v) is 5.16. The van der Waals surface area contributed by atoms with E-state index < -0.39 is 34.6 Å². The Morgan fingerprint density at radius 1 is 1.21 bits per heavy atom. The fraction of sp³-hybridized carbons (Fsp3) is 0.458. The summed E-state index contributed by atoms with van der Waals surface area (Å²) in [5, 5.41) is 14.5. The first-order valence-corrected chi connectivity index (χ1v) is 12.5. The van der Waals surface area contributed by atoms with Gasteiger partial charge < -0.3 is 20.6 Å². The van der Waals surface area contributed by atoms with E-state index in [0.717, 1.165) is 32.1 Å². The molecule has 2 aromatic rings. The van der Waals surface area contributed by atoms with Gasteiger partial charge >= 0.3 is 0 Å². The van der Waals surface area contributed by atoms with Crippen LogP contribution in [0.25, 0.3) is 0 Å². The van der Waals surface area contributed by atoms with Gasteiger partial charge in [-0.15, -0.1) is 0 Å². The minimum Gasteiger partial charge on any atom is -0.437 e. The molecule has 184 valence electrons. The topological polar surface area (TPSA) is 70.5 Å². The Morgan fingerprint density at radius 3 is 2.68 bits per heavy atom. The summed E-state index contributed by atoms with van der Waals surface area (Å²) in [6, 6.07) is 6.83. The Kier molecular flexibility index (Phi) is 7.70. The zero-order valence-corrected chi connectivity index (χ0v) is 21.1. The summed E-state index contributed by atoms with van der Waals surface area (Å²) in [5.41, 5.74) is -1.41. The van der Waals surface area contributed by atoms with E-state index in [1.54, 1.807) is 6.07 Å². The predicted molar refractivity (Wildman–Crippen MR) is 134 cm³/mol. The molecule has 0 radical (unpaired) electrons. The lowest BCUT2D eigenvalue weighted by Crippen LogP contribution is -2.67. The number of amides is 1. The molecular weight excluding hydrogens is 560 g/mol. The predicted octanol–water partition coefficient (Wildman–Crippen LogP) is 3.45. The first-order chi connectivity index (χ1) is 16.2.